The summed E-state index contributed by atoms with van der Waals surface area (Å²) in [5, 5.41) is 10.7. The van der Waals surface area contributed by atoms with Crippen LogP contribution in [0.1, 0.15) is 10.8 Å². The fraction of sp³-hybridized carbons (Fsp3) is 0.143. The van der Waals surface area contributed by atoms with Crippen LogP contribution >= 0.6 is 22.4 Å². The van der Waals surface area contributed by atoms with Gasteiger partial charge in [0.25, 0.3) is 5.69 Å². The Hall–Kier alpha value is -1.54. The lowest BCUT2D eigenvalue weighted by Gasteiger charge is -2.27. The Morgan fingerprint density at radius 1 is 1.19 bits per heavy atom. The molecule has 21 heavy (non-hydrogen) atoms. The summed E-state index contributed by atoms with van der Waals surface area (Å²) in [7, 11) is -2.86. The van der Waals surface area contributed by atoms with Gasteiger partial charge in [-0.25, -0.2) is 0 Å². The SMILES string of the molecule is O=[N+]([O-])c1ccc2c(c1)C(Sc1ccccc1)CS2(O)O. The zero-order valence-corrected chi connectivity index (χ0v) is 12.5. The van der Waals surface area contributed by atoms with Crippen molar-refractivity contribution in [2.24, 2.45) is 0 Å². The van der Waals surface area contributed by atoms with Gasteiger partial charge < -0.3 is 0 Å². The number of nitrogens with zero attached hydrogens (tertiary/aromatic N) is 1. The molecule has 2 N–H and O–H groups in total. The maximum absolute atomic E-state index is 10.9. The van der Waals surface area contributed by atoms with E-state index in [4.69, 9.17) is 0 Å². The number of hydrogen-bond acceptors (Lipinski definition) is 5. The summed E-state index contributed by atoms with van der Waals surface area (Å²) < 4.78 is 20.4. The minimum Gasteiger partial charge on any atom is -0.295 e. The normalized spacial score (nSPS) is 20.8. The first kappa shape index (κ1) is 14.4. The Morgan fingerprint density at radius 2 is 1.90 bits per heavy atom. The molecule has 1 aliphatic heterocycles. The molecule has 3 rings (SSSR count). The van der Waals surface area contributed by atoms with Crippen molar-refractivity contribution in [1.82, 2.24) is 0 Å². The van der Waals surface area contributed by atoms with Gasteiger partial charge in [0.2, 0.25) is 0 Å². The van der Waals surface area contributed by atoms with E-state index in [1.54, 1.807) is 0 Å². The molecular weight excluding hydrogens is 310 g/mol. The summed E-state index contributed by atoms with van der Waals surface area (Å²) in [6.07, 6.45) is 0. The molecule has 2 aromatic carbocycles. The van der Waals surface area contributed by atoms with Crippen LogP contribution in [-0.2, 0) is 0 Å². The summed E-state index contributed by atoms with van der Waals surface area (Å²) in [5.74, 6) is 0.197. The topological polar surface area (TPSA) is 83.6 Å². The average molecular weight is 323 g/mol. The van der Waals surface area contributed by atoms with Crippen molar-refractivity contribution >= 4 is 28.0 Å². The fourth-order valence-corrected chi connectivity index (χ4v) is 5.88. The number of thioether (sulfide) groups is 1. The minimum atomic E-state index is -2.86. The monoisotopic (exact) mass is 323 g/mol. The van der Waals surface area contributed by atoms with Crippen LogP contribution in [0, 0.1) is 10.1 Å². The average Bonchev–Trinajstić information content (AvgIpc) is 2.71. The van der Waals surface area contributed by atoms with Crippen LogP contribution in [0.5, 0.6) is 0 Å². The quantitative estimate of drug-likeness (QED) is 0.639. The number of nitro groups is 1. The van der Waals surface area contributed by atoms with Gasteiger partial charge >= 0.3 is 0 Å². The Kier molecular flexibility index (Phi) is 3.66. The van der Waals surface area contributed by atoms with E-state index in [-0.39, 0.29) is 16.7 Å². The smallest absolute Gasteiger partial charge is 0.269 e. The van der Waals surface area contributed by atoms with Gasteiger partial charge in [0.05, 0.1) is 20.8 Å². The standard InChI is InChI=1S/C14H13NO4S2/c16-15(17)10-6-7-14-12(8-10)13(9-21(14,18)19)20-11-4-2-1-3-5-11/h1-8,13,18-19H,9H2. The van der Waals surface area contributed by atoms with Crippen LogP contribution in [0.3, 0.4) is 0 Å². The molecule has 5 nitrogen and oxygen atoms in total. The third-order valence-corrected chi connectivity index (χ3v) is 6.64. The first-order valence-electron chi connectivity index (χ1n) is 6.23. The second-order valence-corrected chi connectivity index (χ2v) is 8.12. The molecule has 0 bridgehead atoms. The maximum Gasteiger partial charge on any atom is 0.269 e. The van der Waals surface area contributed by atoms with E-state index >= 15 is 0 Å². The van der Waals surface area contributed by atoms with Gasteiger partial charge in [-0.2, -0.15) is 10.6 Å². The summed E-state index contributed by atoms with van der Waals surface area (Å²) in [6, 6.07) is 13.8. The zero-order chi connectivity index (χ0) is 15.0. The molecule has 1 aliphatic rings. The number of fused-ring (bicyclic) bond motifs is 1. The Labute approximate surface area is 127 Å². The van der Waals surface area contributed by atoms with Crippen LogP contribution in [0.15, 0.2) is 58.3 Å². The highest BCUT2D eigenvalue weighted by Crippen LogP contribution is 2.63. The Balaban J connectivity index is 1.99. The number of non-ortho nitro benzene ring substituents is 1. The molecule has 0 amide bonds. The summed E-state index contributed by atoms with van der Waals surface area (Å²) in [6.45, 7) is 0. The molecule has 0 fully saturated rings. The molecule has 0 spiro atoms. The molecule has 1 unspecified atom stereocenters. The number of benzene rings is 2. The lowest BCUT2D eigenvalue weighted by Crippen LogP contribution is -1.98. The predicted molar refractivity (Wildman–Crippen MR) is 84.1 cm³/mol. The molecule has 0 radical (unpaired) electrons. The van der Waals surface area contributed by atoms with Crippen molar-refractivity contribution in [1.29, 1.82) is 0 Å². The van der Waals surface area contributed by atoms with Crippen LogP contribution in [0.2, 0.25) is 0 Å². The van der Waals surface area contributed by atoms with Crippen molar-refractivity contribution in [2.75, 3.05) is 5.75 Å². The number of nitro benzene ring substituents is 1. The third-order valence-electron chi connectivity index (χ3n) is 3.31. The molecule has 0 aliphatic carbocycles. The van der Waals surface area contributed by atoms with Gasteiger partial charge in [-0.3, -0.25) is 19.2 Å². The van der Waals surface area contributed by atoms with Gasteiger partial charge in [-0.05, 0) is 23.8 Å². The van der Waals surface area contributed by atoms with Gasteiger partial charge in [0, 0.05) is 17.0 Å². The molecule has 1 heterocycles. The summed E-state index contributed by atoms with van der Waals surface area (Å²) in [5.41, 5.74) is 0.627. The molecule has 0 saturated heterocycles. The van der Waals surface area contributed by atoms with Crippen molar-refractivity contribution in [3.05, 3.63) is 64.2 Å². The van der Waals surface area contributed by atoms with Crippen LogP contribution < -0.4 is 0 Å². The first-order chi connectivity index (χ1) is 9.97. The lowest BCUT2D eigenvalue weighted by atomic mass is 10.1. The number of hydrogen-bond donors (Lipinski definition) is 2. The predicted octanol–water partition coefficient (Wildman–Crippen LogP) is 4.55. The second-order valence-electron chi connectivity index (χ2n) is 4.73. The molecule has 2 aromatic rings. The van der Waals surface area contributed by atoms with E-state index in [2.05, 4.69) is 0 Å². The van der Waals surface area contributed by atoms with Gasteiger partial charge in [0.15, 0.2) is 0 Å². The largest absolute Gasteiger partial charge is 0.295 e. The maximum atomic E-state index is 10.9. The molecule has 110 valence electrons. The molecule has 7 heteroatoms. The molecule has 0 aromatic heterocycles. The van der Waals surface area contributed by atoms with Crippen LogP contribution in [0.4, 0.5) is 5.69 Å². The van der Waals surface area contributed by atoms with E-state index in [9.17, 15) is 19.2 Å². The number of rotatable bonds is 3. The van der Waals surface area contributed by atoms with Crippen LogP contribution in [-0.4, -0.2) is 19.8 Å². The van der Waals surface area contributed by atoms with Crippen molar-refractivity contribution in [3.8, 4) is 0 Å². The van der Waals surface area contributed by atoms with E-state index in [0.717, 1.165) is 4.90 Å². The van der Waals surface area contributed by atoms with Gasteiger partial charge in [0.1, 0.15) is 0 Å². The molecular formula is C14H13NO4S2. The fourth-order valence-electron chi connectivity index (χ4n) is 2.35. The highest BCUT2D eigenvalue weighted by molar-refractivity contribution is 8.25. The van der Waals surface area contributed by atoms with Crippen molar-refractivity contribution < 1.29 is 14.0 Å². The van der Waals surface area contributed by atoms with Crippen molar-refractivity contribution in [2.45, 2.75) is 15.0 Å². The van der Waals surface area contributed by atoms with Crippen LogP contribution in [0.25, 0.3) is 0 Å². The molecule has 0 saturated carbocycles. The van der Waals surface area contributed by atoms with E-state index in [0.29, 0.717) is 10.5 Å². The summed E-state index contributed by atoms with van der Waals surface area (Å²) in [4.78, 5) is 11.9. The Morgan fingerprint density at radius 3 is 2.57 bits per heavy atom. The Bertz CT molecular complexity index is 691. The first-order valence-corrected chi connectivity index (χ1v) is 8.83. The highest BCUT2D eigenvalue weighted by Gasteiger charge is 2.36. The third kappa shape index (κ3) is 2.77. The zero-order valence-electron chi connectivity index (χ0n) is 10.9. The highest BCUT2D eigenvalue weighted by atomic mass is 32.3. The molecule has 1 atom stereocenters. The lowest BCUT2D eigenvalue weighted by molar-refractivity contribution is -0.385. The summed E-state index contributed by atoms with van der Waals surface area (Å²) >= 11 is 1.49. The second kappa shape index (κ2) is 5.34. The minimum absolute atomic E-state index is 0.0236. The van der Waals surface area contributed by atoms with Gasteiger partial charge in [-0.15, -0.1) is 11.8 Å². The van der Waals surface area contributed by atoms with E-state index in [1.165, 1.54) is 30.0 Å². The van der Waals surface area contributed by atoms with Crippen molar-refractivity contribution in [3.63, 3.8) is 0 Å². The van der Waals surface area contributed by atoms with E-state index in [1.807, 2.05) is 30.3 Å². The van der Waals surface area contributed by atoms with Gasteiger partial charge in [-0.1, -0.05) is 18.2 Å². The van der Waals surface area contributed by atoms with E-state index < -0.39 is 15.5 Å².